The summed E-state index contributed by atoms with van der Waals surface area (Å²) in [6, 6.07) is 0. The molecule has 0 radical (unpaired) electrons. The Balaban J connectivity index is 1.93. The molecule has 0 atom stereocenters. The van der Waals surface area contributed by atoms with Gasteiger partial charge in [0.2, 0.25) is 0 Å². The van der Waals surface area contributed by atoms with E-state index in [0.717, 1.165) is 19.3 Å². The van der Waals surface area contributed by atoms with Crippen LogP contribution in [0.3, 0.4) is 0 Å². The highest BCUT2D eigenvalue weighted by Crippen LogP contribution is 2.32. The van der Waals surface area contributed by atoms with Crippen LogP contribution in [-0.4, -0.2) is 10.7 Å². The summed E-state index contributed by atoms with van der Waals surface area (Å²) in [6.45, 7) is 2.26. The molecule has 0 bridgehead atoms. The Labute approximate surface area is 102 Å². The molecule has 1 aliphatic carbocycles. The highest BCUT2D eigenvalue weighted by molar-refractivity contribution is 4.81. The van der Waals surface area contributed by atoms with Gasteiger partial charge in [0, 0.05) is 0 Å². The average Bonchev–Trinajstić information content (AvgIpc) is 2.29. The van der Waals surface area contributed by atoms with Crippen molar-refractivity contribution in [1.29, 1.82) is 0 Å². The maximum absolute atomic E-state index is 10.3. The van der Waals surface area contributed by atoms with E-state index in [1.807, 2.05) is 0 Å². The first-order chi connectivity index (χ1) is 7.77. The van der Waals surface area contributed by atoms with Crippen molar-refractivity contribution in [2.24, 2.45) is 0 Å². The van der Waals surface area contributed by atoms with Crippen molar-refractivity contribution in [2.75, 3.05) is 0 Å². The van der Waals surface area contributed by atoms with Crippen LogP contribution in [0.15, 0.2) is 0 Å². The Hall–Kier alpha value is -0.0400. The van der Waals surface area contributed by atoms with E-state index in [9.17, 15) is 5.11 Å². The highest BCUT2D eigenvalue weighted by Gasteiger charge is 2.27. The van der Waals surface area contributed by atoms with Gasteiger partial charge in [0.25, 0.3) is 0 Å². The summed E-state index contributed by atoms with van der Waals surface area (Å²) in [7, 11) is 0. The van der Waals surface area contributed by atoms with E-state index < -0.39 is 0 Å². The largest absolute Gasteiger partial charge is 0.390 e. The second-order valence-electron chi connectivity index (χ2n) is 5.66. The number of aliphatic hydroxyl groups is 1. The van der Waals surface area contributed by atoms with Gasteiger partial charge in [0.15, 0.2) is 0 Å². The van der Waals surface area contributed by atoms with E-state index >= 15 is 0 Å². The summed E-state index contributed by atoms with van der Waals surface area (Å²) in [6.07, 6.45) is 16.5. The molecule has 1 N–H and O–H groups in total. The number of rotatable bonds is 8. The normalized spacial score (nSPS) is 19.9. The summed E-state index contributed by atoms with van der Waals surface area (Å²) < 4.78 is 0. The molecule has 0 spiro atoms. The quantitative estimate of drug-likeness (QED) is 0.588. The molecular weight excluding hydrogens is 196 g/mol. The van der Waals surface area contributed by atoms with Crippen molar-refractivity contribution in [1.82, 2.24) is 0 Å². The van der Waals surface area contributed by atoms with Gasteiger partial charge in [0.1, 0.15) is 0 Å². The van der Waals surface area contributed by atoms with Crippen LogP contribution in [0, 0.1) is 0 Å². The second-order valence-corrected chi connectivity index (χ2v) is 5.66. The smallest absolute Gasteiger partial charge is 0.0647 e. The van der Waals surface area contributed by atoms with Crippen LogP contribution in [0.25, 0.3) is 0 Å². The van der Waals surface area contributed by atoms with Crippen molar-refractivity contribution in [2.45, 2.75) is 96.0 Å². The Morgan fingerprint density at radius 2 is 1.38 bits per heavy atom. The highest BCUT2D eigenvalue weighted by atomic mass is 16.3. The standard InChI is InChI=1S/C15H30O/c1-2-3-4-5-6-7-9-12-15(16)13-10-8-11-14-15/h16H,2-14H2,1H3. The van der Waals surface area contributed by atoms with Crippen LogP contribution in [0.2, 0.25) is 0 Å². The van der Waals surface area contributed by atoms with E-state index in [2.05, 4.69) is 6.92 Å². The minimum Gasteiger partial charge on any atom is -0.390 e. The molecule has 0 amide bonds. The third kappa shape index (κ3) is 5.89. The zero-order chi connectivity index (χ0) is 11.7. The molecule has 1 heteroatoms. The molecule has 1 fully saturated rings. The second kappa shape index (κ2) is 8.11. The van der Waals surface area contributed by atoms with Gasteiger partial charge < -0.3 is 5.11 Å². The van der Waals surface area contributed by atoms with Crippen molar-refractivity contribution in [3.8, 4) is 0 Å². The predicted molar refractivity (Wildman–Crippen MR) is 70.6 cm³/mol. The van der Waals surface area contributed by atoms with Crippen molar-refractivity contribution in [3.63, 3.8) is 0 Å². The first-order valence-electron chi connectivity index (χ1n) is 7.49. The molecule has 1 rings (SSSR count). The number of hydrogen-bond acceptors (Lipinski definition) is 1. The van der Waals surface area contributed by atoms with E-state index in [0.29, 0.717) is 0 Å². The van der Waals surface area contributed by atoms with Gasteiger partial charge in [-0.05, 0) is 19.3 Å². The fourth-order valence-electron chi connectivity index (χ4n) is 2.87. The van der Waals surface area contributed by atoms with Gasteiger partial charge in [0.05, 0.1) is 5.60 Å². The molecule has 0 aromatic carbocycles. The van der Waals surface area contributed by atoms with E-state index in [1.54, 1.807) is 0 Å². The van der Waals surface area contributed by atoms with Gasteiger partial charge >= 0.3 is 0 Å². The number of hydrogen-bond donors (Lipinski definition) is 1. The zero-order valence-electron chi connectivity index (χ0n) is 11.1. The molecule has 96 valence electrons. The topological polar surface area (TPSA) is 20.2 Å². The van der Waals surface area contributed by atoms with Crippen molar-refractivity contribution in [3.05, 3.63) is 0 Å². The fourth-order valence-corrected chi connectivity index (χ4v) is 2.87. The first kappa shape index (κ1) is 14.0. The zero-order valence-corrected chi connectivity index (χ0v) is 11.1. The molecule has 1 aliphatic rings. The van der Waals surface area contributed by atoms with Crippen molar-refractivity contribution < 1.29 is 5.11 Å². The lowest BCUT2D eigenvalue weighted by Gasteiger charge is -2.32. The molecule has 1 saturated carbocycles. The first-order valence-corrected chi connectivity index (χ1v) is 7.49. The monoisotopic (exact) mass is 226 g/mol. The summed E-state index contributed by atoms with van der Waals surface area (Å²) in [5, 5.41) is 10.3. The minimum absolute atomic E-state index is 0.276. The van der Waals surface area contributed by atoms with Crippen LogP contribution in [0.4, 0.5) is 0 Å². The van der Waals surface area contributed by atoms with E-state index in [-0.39, 0.29) is 5.60 Å². The van der Waals surface area contributed by atoms with Crippen LogP contribution in [0.5, 0.6) is 0 Å². The van der Waals surface area contributed by atoms with Crippen molar-refractivity contribution >= 4 is 0 Å². The van der Waals surface area contributed by atoms with E-state index in [4.69, 9.17) is 0 Å². The molecule has 0 heterocycles. The van der Waals surface area contributed by atoms with E-state index in [1.165, 1.54) is 64.2 Å². The van der Waals surface area contributed by atoms with Gasteiger partial charge in [-0.15, -0.1) is 0 Å². The maximum Gasteiger partial charge on any atom is 0.0647 e. The lowest BCUT2D eigenvalue weighted by atomic mass is 9.81. The van der Waals surface area contributed by atoms with Crippen LogP contribution in [-0.2, 0) is 0 Å². The lowest BCUT2D eigenvalue weighted by molar-refractivity contribution is -0.00587. The van der Waals surface area contributed by atoms with Gasteiger partial charge in [-0.1, -0.05) is 71.1 Å². The van der Waals surface area contributed by atoms with Crippen LogP contribution < -0.4 is 0 Å². The average molecular weight is 226 g/mol. The summed E-state index contributed by atoms with van der Waals surface area (Å²) in [5.41, 5.74) is -0.276. The maximum atomic E-state index is 10.3. The SMILES string of the molecule is CCCCCCCCCC1(O)CCCCC1. The third-order valence-electron chi connectivity index (χ3n) is 4.03. The Kier molecular flexibility index (Phi) is 7.11. The summed E-state index contributed by atoms with van der Waals surface area (Å²) in [5.74, 6) is 0. The Morgan fingerprint density at radius 1 is 0.812 bits per heavy atom. The third-order valence-corrected chi connectivity index (χ3v) is 4.03. The van der Waals surface area contributed by atoms with Gasteiger partial charge in [-0.2, -0.15) is 0 Å². The lowest BCUT2D eigenvalue weighted by Crippen LogP contribution is -2.30. The molecule has 1 nitrogen and oxygen atoms in total. The summed E-state index contributed by atoms with van der Waals surface area (Å²) >= 11 is 0. The van der Waals surface area contributed by atoms with Crippen LogP contribution >= 0.6 is 0 Å². The summed E-state index contributed by atoms with van der Waals surface area (Å²) in [4.78, 5) is 0. The molecule has 0 saturated heterocycles. The molecular formula is C15H30O. The number of unbranched alkanes of at least 4 members (excludes halogenated alkanes) is 6. The molecule has 0 aromatic rings. The van der Waals surface area contributed by atoms with Gasteiger partial charge in [-0.25, -0.2) is 0 Å². The van der Waals surface area contributed by atoms with Crippen LogP contribution in [0.1, 0.15) is 90.4 Å². The minimum atomic E-state index is -0.276. The van der Waals surface area contributed by atoms with Gasteiger partial charge in [-0.3, -0.25) is 0 Å². The molecule has 0 aromatic heterocycles. The Bertz CT molecular complexity index is 159. The molecule has 16 heavy (non-hydrogen) atoms. The fraction of sp³-hybridized carbons (Fsp3) is 1.00. The Morgan fingerprint density at radius 3 is 2.00 bits per heavy atom. The molecule has 0 unspecified atom stereocenters. The predicted octanol–water partition coefficient (Wildman–Crippen LogP) is 4.82. The molecule has 0 aliphatic heterocycles.